The lowest BCUT2D eigenvalue weighted by atomic mass is 10.1. The van der Waals surface area contributed by atoms with Gasteiger partial charge >= 0.3 is 0 Å². The standard InChI is InChI=1S/C18H15N3O4/c22-18(20-10-12-2-1-5-19-9-12)16-17(25-11-21-16)13-3-4-14-15(8-13)24-7-6-23-14/h1-5,8-9,11H,6-7,10H2,(H,20,22). The number of nitrogens with one attached hydrogen (secondary N) is 1. The molecule has 0 radical (unpaired) electrons. The van der Waals surface area contributed by atoms with Gasteiger partial charge in [0.2, 0.25) is 0 Å². The highest BCUT2D eigenvalue weighted by Crippen LogP contribution is 2.35. The summed E-state index contributed by atoms with van der Waals surface area (Å²) in [5.74, 6) is 1.38. The Labute approximate surface area is 143 Å². The van der Waals surface area contributed by atoms with Gasteiger partial charge in [-0.25, -0.2) is 4.98 Å². The predicted molar refractivity (Wildman–Crippen MR) is 88.3 cm³/mol. The maximum absolute atomic E-state index is 12.5. The molecule has 1 N–H and O–H groups in total. The van der Waals surface area contributed by atoms with Crippen LogP contribution in [0, 0.1) is 0 Å². The maximum atomic E-state index is 12.5. The molecule has 1 aliphatic rings. The lowest BCUT2D eigenvalue weighted by molar-refractivity contribution is 0.0946. The van der Waals surface area contributed by atoms with Crippen LogP contribution in [0.3, 0.4) is 0 Å². The zero-order valence-electron chi connectivity index (χ0n) is 13.3. The highest BCUT2D eigenvalue weighted by atomic mass is 16.6. The SMILES string of the molecule is O=C(NCc1cccnc1)c1ncoc1-c1ccc2c(c1)OCCO2. The molecule has 126 valence electrons. The first-order valence-corrected chi connectivity index (χ1v) is 7.82. The molecule has 0 aliphatic carbocycles. The van der Waals surface area contributed by atoms with Gasteiger partial charge in [0.05, 0.1) is 0 Å². The van der Waals surface area contributed by atoms with Gasteiger partial charge in [-0.05, 0) is 29.8 Å². The fourth-order valence-electron chi connectivity index (χ4n) is 2.57. The van der Waals surface area contributed by atoms with E-state index in [4.69, 9.17) is 13.9 Å². The molecule has 7 heteroatoms. The first-order chi connectivity index (χ1) is 12.3. The van der Waals surface area contributed by atoms with E-state index in [1.165, 1.54) is 6.39 Å². The van der Waals surface area contributed by atoms with Crippen LogP contribution in [0.5, 0.6) is 11.5 Å². The van der Waals surface area contributed by atoms with Crippen LogP contribution in [0.2, 0.25) is 0 Å². The molecule has 1 aliphatic heterocycles. The molecule has 1 aromatic carbocycles. The van der Waals surface area contributed by atoms with Crippen molar-refractivity contribution in [3.05, 3.63) is 60.4 Å². The summed E-state index contributed by atoms with van der Waals surface area (Å²) in [5, 5.41) is 2.82. The number of oxazole rings is 1. The van der Waals surface area contributed by atoms with Crippen molar-refractivity contribution >= 4 is 5.91 Å². The Bertz CT molecular complexity index is 892. The van der Waals surface area contributed by atoms with E-state index < -0.39 is 0 Å². The molecule has 3 heterocycles. The molecule has 7 nitrogen and oxygen atoms in total. The fourth-order valence-corrected chi connectivity index (χ4v) is 2.57. The summed E-state index contributed by atoms with van der Waals surface area (Å²) in [4.78, 5) is 20.5. The van der Waals surface area contributed by atoms with Crippen LogP contribution in [0.4, 0.5) is 0 Å². The van der Waals surface area contributed by atoms with E-state index in [1.54, 1.807) is 24.5 Å². The Morgan fingerprint density at radius 1 is 1.16 bits per heavy atom. The van der Waals surface area contributed by atoms with Gasteiger partial charge in [0.25, 0.3) is 5.91 Å². The molecule has 2 aromatic heterocycles. The largest absolute Gasteiger partial charge is 0.486 e. The molecule has 0 saturated heterocycles. The number of nitrogens with zero attached hydrogens (tertiary/aromatic N) is 2. The molecule has 1 amide bonds. The third-order valence-corrected chi connectivity index (χ3v) is 3.76. The molecular formula is C18H15N3O4. The van der Waals surface area contributed by atoms with Crippen molar-refractivity contribution in [2.24, 2.45) is 0 Å². The van der Waals surface area contributed by atoms with Crippen LogP contribution in [0.25, 0.3) is 11.3 Å². The Balaban J connectivity index is 1.55. The molecule has 0 fully saturated rings. The van der Waals surface area contributed by atoms with Crippen molar-refractivity contribution < 1.29 is 18.7 Å². The zero-order chi connectivity index (χ0) is 17.1. The van der Waals surface area contributed by atoms with Gasteiger partial charge in [-0.3, -0.25) is 9.78 Å². The van der Waals surface area contributed by atoms with Crippen molar-refractivity contribution in [2.75, 3.05) is 13.2 Å². The highest BCUT2D eigenvalue weighted by molar-refractivity contribution is 5.97. The topological polar surface area (TPSA) is 86.5 Å². The van der Waals surface area contributed by atoms with E-state index in [0.717, 1.165) is 5.56 Å². The third-order valence-electron chi connectivity index (χ3n) is 3.76. The Hall–Kier alpha value is -3.35. The predicted octanol–water partition coefficient (Wildman–Crippen LogP) is 2.44. The zero-order valence-corrected chi connectivity index (χ0v) is 13.3. The summed E-state index contributed by atoms with van der Waals surface area (Å²) in [6, 6.07) is 9.10. The van der Waals surface area contributed by atoms with Gasteiger partial charge in [0.15, 0.2) is 29.3 Å². The van der Waals surface area contributed by atoms with Crippen molar-refractivity contribution in [2.45, 2.75) is 6.54 Å². The Morgan fingerprint density at radius 2 is 2.04 bits per heavy atom. The molecule has 0 spiro atoms. The van der Waals surface area contributed by atoms with Gasteiger partial charge < -0.3 is 19.2 Å². The van der Waals surface area contributed by atoms with Crippen molar-refractivity contribution in [3.63, 3.8) is 0 Å². The van der Waals surface area contributed by atoms with Crippen molar-refractivity contribution in [1.29, 1.82) is 0 Å². The van der Waals surface area contributed by atoms with E-state index in [9.17, 15) is 4.79 Å². The second-order valence-electron chi connectivity index (χ2n) is 5.43. The van der Waals surface area contributed by atoms with Gasteiger partial charge in [-0.2, -0.15) is 0 Å². The number of carbonyl (C=O) groups excluding carboxylic acids is 1. The minimum atomic E-state index is -0.317. The summed E-state index contributed by atoms with van der Waals surface area (Å²) in [7, 11) is 0. The number of benzene rings is 1. The number of ether oxygens (including phenoxy) is 2. The van der Waals surface area contributed by atoms with Crippen LogP contribution >= 0.6 is 0 Å². The molecule has 0 bridgehead atoms. The first-order valence-electron chi connectivity index (χ1n) is 7.82. The third kappa shape index (κ3) is 3.16. The summed E-state index contributed by atoms with van der Waals surface area (Å²) >= 11 is 0. The van der Waals surface area contributed by atoms with E-state index >= 15 is 0 Å². The molecule has 4 rings (SSSR count). The van der Waals surface area contributed by atoms with Gasteiger partial charge in [0, 0.05) is 24.5 Å². The minimum absolute atomic E-state index is 0.223. The average molecular weight is 337 g/mol. The van der Waals surface area contributed by atoms with Crippen molar-refractivity contribution in [3.8, 4) is 22.8 Å². The lowest BCUT2D eigenvalue weighted by Gasteiger charge is -2.18. The number of hydrogen-bond acceptors (Lipinski definition) is 6. The van der Waals surface area contributed by atoms with Crippen LogP contribution in [0.15, 0.2) is 53.5 Å². The minimum Gasteiger partial charge on any atom is -0.486 e. The van der Waals surface area contributed by atoms with Gasteiger partial charge in [0.1, 0.15) is 13.2 Å². The number of pyridine rings is 1. The number of carbonyl (C=O) groups is 1. The van der Waals surface area contributed by atoms with E-state index in [-0.39, 0.29) is 11.6 Å². The quantitative estimate of drug-likeness (QED) is 0.787. The first kappa shape index (κ1) is 15.2. The molecule has 0 unspecified atom stereocenters. The highest BCUT2D eigenvalue weighted by Gasteiger charge is 2.20. The van der Waals surface area contributed by atoms with Crippen LogP contribution in [-0.4, -0.2) is 29.1 Å². The molecular weight excluding hydrogens is 322 g/mol. The lowest BCUT2D eigenvalue weighted by Crippen LogP contribution is -2.23. The molecule has 0 saturated carbocycles. The number of hydrogen-bond donors (Lipinski definition) is 1. The molecule has 0 atom stereocenters. The summed E-state index contributed by atoms with van der Waals surface area (Å²) in [6.07, 6.45) is 4.64. The molecule has 3 aromatic rings. The second-order valence-corrected chi connectivity index (χ2v) is 5.43. The average Bonchev–Trinajstić information content (AvgIpc) is 3.16. The number of amides is 1. The van der Waals surface area contributed by atoms with Crippen LogP contribution in [0.1, 0.15) is 16.1 Å². The smallest absolute Gasteiger partial charge is 0.274 e. The Morgan fingerprint density at radius 3 is 2.88 bits per heavy atom. The van der Waals surface area contributed by atoms with Gasteiger partial charge in [-0.1, -0.05) is 6.07 Å². The summed E-state index contributed by atoms with van der Waals surface area (Å²) in [6.45, 7) is 1.38. The van der Waals surface area contributed by atoms with E-state index in [1.807, 2.05) is 18.2 Å². The second kappa shape index (κ2) is 6.64. The number of fused-ring (bicyclic) bond motifs is 1. The van der Waals surface area contributed by atoms with Crippen molar-refractivity contribution in [1.82, 2.24) is 15.3 Å². The normalized spacial score (nSPS) is 12.6. The summed E-state index contributed by atoms with van der Waals surface area (Å²) < 4.78 is 16.5. The van der Waals surface area contributed by atoms with Crippen LogP contribution < -0.4 is 14.8 Å². The Kier molecular flexibility index (Phi) is 4.04. The summed E-state index contributed by atoms with van der Waals surface area (Å²) in [5.41, 5.74) is 1.83. The van der Waals surface area contributed by atoms with E-state index in [2.05, 4.69) is 15.3 Å². The fraction of sp³-hybridized carbons (Fsp3) is 0.167. The number of rotatable bonds is 4. The number of aromatic nitrogens is 2. The van der Waals surface area contributed by atoms with Crippen LogP contribution in [-0.2, 0) is 6.54 Å². The van der Waals surface area contributed by atoms with Gasteiger partial charge in [-0.15, -0.1) is 0 Å². The molecule has 25 heavy (non-hydrogen) atoms. The monoisotopic (exact) mass is 337 g/mol. The van der Waals surface area contributed by atoms with E-state index in [0.29, 0.717) is 42.6 Å². The maximum Gasteiger partial charge on any atom is 0.274 e.